The fraction of sp³-hybridized carbons (Fsp3) is 0.897. The Morgan fingerprint density at radius 2 is 1.53 bits per heavy atom. The molecule has 8 aliphatic rings. The van der Waals surface area contributed by atoms with E-state index in [-0.39, 0.29) is 23.4 Å². The first-order chi connectivity index (χ1) is 24.1. The molecule has 0 aromatic carbocycles. The summed E-state index contributed by atoms with van der Waals surface area (Å²) >= 11 is 0. The van der Waals surface area contributed by atoms with E-state index in [1.54, 1.807) is 13.8 Å². The molecule has 8 rings (SSSR count). The molecule has 12 nitrogen and oxygen atoms in total. The molecule has 7 fully saturated rings. The predicted octanol–water partition coefficient (Wildman–Crippen LogP) is 2.31. The quantitative estimate of drug-likeness (QED) is 0.234. The summed E-state index contributed by atoms with van der Waals surface area (Å²) in [5.41, 5.74) is 1.99. The number of allylic oxidation sites excluding steroid dienone is 1. The van der Waals surface area contributed by atoms with E-state index in [4.69, 9.17) is 28.4 Å². The molecule has 4 aliphatic heterocycles. The fourth-order valence-electron chi connectivity index (χ4n) is 12.4. The zero-order valence-corrected chi connectivity index (χ0v) is 30.7. The average Bonchev–Trinajstić information content (AvgIpc) is 3.54. The lowest BCUT2D eigenvalue weighted by atomic mass is 9.46. The molecule has 0 aromatic heterocycles. The Hall–Kier alpha value is -1.00. The Morgan fingerprint density at radius 3 is 2.24 bits per heavy atom. The highest BCUT2D eigenvalue weighted by Crippen LogP contribution is 2.71. The molecule has 0 radical (unpaired) electrons. The van der Waals surface area contributed by atoms with Gasteiger partial charge in [0.25, 0.3) is 0 Å². The third kappa shape index (κ3) is 5.60. The Balaban J connectivity index is 1.05. The maximum Gasteiger partial charge on any atom is 0.187 e. The van der Waals surface area contributed by atoms with E-state index in [0.717, 1.165) is 44.1 Å². The standard InChI is InChI=1S/C39H60O12/c1-17-9-12-39(46-16-17)18(2)28-26(51-39)15-25-23-8-7-21-13-22(40)14-27(38(21,6)24(23)10-11-37(25,28)5)49-36-34(32(44)30(42)20(4)48-36)50-35-33(45)31(43)29(41)19(3)47-35/h7,18-20,22-36,40-45H,1,8-16H2,2-6H3. The number of rotatable bonds is 4. The molecule has 21 atom stereocenters. The van der Waals surface area contributed by atoms with Crippen LogP contribution in [0.5, 0.6) is 0 Å². The first-order valence-corrected chi connectivity index (χ1v) is 19.5. The largest absolute Gasteiger partial charge is 0.393 e. The Morgan fingerprint density at radius 1 is 0.824 bits per heavy atom. The van der Waals surface area contributed by atoms with Crippen molar-refractivity contribution in [2.24, 2.45) is 40.4 Å². The lowest BCUT2D eigenvalue weighted by Crippen LogP contribution is -2.64. The first kappa shape index (κ1) is 36.9. The number of hydrogen-bond donors (Lipinski definition) is 6. The van der Waals surface area contributed by atoms with Gasteiger partial charge in [0.2, 0.25) is 0 Å². The maximum atomic E-state index is 11.3. The molecule has 0 bridgehead atoms. The van der Waals surface area contributed by atoms with Crippen molar-refractivity contribution < 1.29 is 59.1 Å². The summed E-state index contributed by atoms with van der Waals surface area (Å²) in [6.45, 7) is 15.0. The second-order valence-electron chi connectivity index (χ2n) is 17.9. The van der Waals surface area contributed by atoms with Crippen molar-refractivity contribution in [3.8, 4) is 0 Å². The summed E-state index contributed by atoms with van der Waals surface area (Å²) < 4.78 is 38.2. The topological polar surface area (TPSA) is 177 Å². The molecular weight excluding hydrogens is 660 g/mol. The van der Waals surface area contributed by atoms with Crippen molar-refractivity contribution >= 4 is 0 Å². The van der Waals surface area contributed by atoms with Crippen LogP contribution >= 0.6 is 0 Å². The summed E-state index contributed by atoms with van der Waals surface area (Å²) in [7, 11) is 0. The monoisotopic (exact) mass is 720 g/mol. The van der Waals surface area contributed by atoms with Crippen LogP contribution in [-0.2, 0) is 28.4 Å². The normalized spacial score (nSPS) is 58.4. The molecule has 21 unspecified atom stereocenters. The van der Waals surface area contributed by atoms with Crippen molar-refractivity contribution in [2.75, 3.05) is 6.61 Å². The highest BCUT2D eigenvalue weighted by Gasteiger charge is 2.69. The molecule has 4 heterocycles. The smallest absolute Gasteiger partial charge is 0.187 e. The highest BCUT2D eigenvalue weighted by molar-refractivity contribution is 5.29. The van der Waals surface area contributed by atoms with Gasteiger partial charge in [-0.2, -0.15) is 0 Å². The molecule has 288 valence electrons. The Kier molecular flexibility index (Phi) is 9.46. The molecule has 1 spiro atoms. The van der Waals surface area contributed by atoms with Gasteiger partial charge in [0.1, 0.15) is 36.6 Å². The van der Waals surface area contributed by atoms with Crippen molar-refractivity contribution in [1.29, 1.82) is 0 Å². The van der Waals surface area contributed by atoms with Crippen LogP contribution in [0.15, 0.2) is 23.8 Å². The van der Waals surface area contributed by atoms with Gasteiger partial charge in [0.15, 0.2) is 18.4 Å². The third-order valence-electron chi connectivity index (χ3n) is 15.3. The van der Waals surface area contributed by atoms with Crippen LogP contribution in [-0.4, -0.2) is 123 Å². The van der Waals surface area contributed by atoms with Crippen molar-refractivity contribution in [3.63, 3.8) is 0 Å². The minimum absolute atomic E-state index is 0.107. The molecule has 3 saturated carbocycles. The van der Waals surface area contributed by atoms with E-state index in [9.17, 15) is 30.6 Å². The zero-order valence-electron chi connectivity index (χ0n) is 30.7. The fourth-order valence-corrected chi connectivity index (χ4v) is 12.4. The van der Waals surface area contributed by atoms with Crippen LogP contribution in [0.1, 0.15) is 86.0 Å². The highest BCUT2D eigenvalue weighted by atomic mass is 16.8. The molecule has 6 N–H and O–H groups in total. The van der Waals surface area contributed by atoms with Gasteiger partial charge in [-0.15, -0.1) is 0 Å². The molecule has 51 heavy (non-hydrogen) atoms. The van der Waals surface area contributed by atoms with Crippen LogP contribution in [0, 0.1) is 40.4 Å². The van der Waals surface area contributed by atoms with Crippen LogP contribution in [0.4, 0.5) is 0 Å². The summed E-state index contributed by atoms with van der Waals surface area (Å²) in [6.07, 6.45) is -4.69. The van der Waals surface area contributed by atoms with E-state index >= 15 is 0 Å². The second kappa shape index (κ2) is 13.1. The van der Waals surface area contributed by atoms with Gasteiger partial charge in [-0.1, -0.05) is 44.6 Å². The van der Waals surface area contributed by atoms with Crippen LogP contribution in [0.3, 0.4) is 0 Å². The summed E-state index contributed by atoms with van der Waals surface area (Å²) in [5.74, 6) is 1.32. The zero-order chi connectivity index (χ0) is 36.4. The van der Waals surface area contributed by atoms with Gasteiger partial charge in [0.05, 0.1) is 37.1 Å². The molecular formula is C39H60O12. The molecule has 4 saturated heterocycles. The second-order valence-corrected chi connectivity index (χ2v) is 17.9. The van der Waals surface area contributed by atoms with E-state index in [0.29, 0.717) is 37.2 Å². The molecule has 0 aromatic rings. The lowest BCUT2D eigenvalue weighted by Gasteiger charge is -2.60. The first-order valence-electron chi connectivity index (χ1n) is 19.5. The Bertz CT molecular complexity index is 1360. The minimum Gasteiger partial charge on any atom is -0.393 e. The predicted molar refractivity (Wildman–Crippen MR) is 182 cm³/mol. The van der Waals surface area contributed by atoms with Crippen molar-refractivity contribution in [3.05, 3.63) is 23.8 Å². The number of hydrogen-bond acceptors (Lipinski definition) is 12. The van der Waals surface area contributed by atoms with Gasteiger partial charge in [-0.05, 0) is 81.5 Å². The van der Waals surface area contributed by atoms with Gasteiger partial charge >= 0.3 is 0 Å². The minimum atomic E-state index is -1.61. The van der Waals surface area contributed by atoms with E-state index in [1.165, 1.54) is 5.57 Å². The van der Waals surface area contributed by atoms with E-state index < -0.39 is 84.8 Å². The maximum absolute atomic E-state index is 11.3. The summed E-state index contributed by atoms with van der Waals surface area (Å²) in [6, 6.07) is 0. The van der Waals surface area contributed by atoms with Crippen LogP contribution < -0.4 is 0 Å². The van der Waals surface area contributed by atoms with Gasteiger partial charge < -0.3 is 59.1 Å². The molecule has 0 amide bonds. The van der Waals surface area contributed by atoms with E-state index in [1.807, 2.05) is 0 Å². The van der Waals surface area contributed by atoms with Crippen molar-refractivity contribution in [2.45, 2.75) is 171 Å². The number of fused-ring (bicyclic) bond motifs is 7. The summed E-state index contributed by atoms with van der Waals surface area (Å²) in [4.78, 5) is 0. The van der Waals surface area contributed by atoms with Gasteiger partial charge in [0, 0.05) is 24.2 Å². The average molecular weight is 721 g/mol. The SMILES string of the molecule is C=C1CCC2(OC1)OC1CC3C4CC=C5CC(O)CC(OC6OC(C)C(O)C(O)C6OC6OC(C)C(O)C(O)C6O)C5(C)C4CCC3(C)C1C2C. The molecule has 4 aliphatic carbocycles. The number of ether oxygens (including phenoxy) is 6. The van der Waals surface area contributed by atoms with E-state index in [2.05, 4.69) is 33.4 Å². The third-order valence-corrected chi connectivity index (χ3v) is 15.3. The van der Waals surface area contributed by atoms with Crippen LogP contribution in [0.25, 0.3) is 0 Å². The Labute approximate surface area is 301 Å². The van der Waals surface area contributed by atoms with Gasteiger partial charge in [-0.3, -0.25) is 0 Å². The molecule has 12 heteroatoms. The number of aliphatic hydroxyl groups is 6. The van der Waals surface area contributed by atoms with Gasteiger partial charge in [-0.25, -0.2) is 0 Å². The number of aliphatic hydroxyl groups excluding tert-OH is 6. The summed E-state index contributed by atoms with van der Waals surface area (Å²) in [5, 5.41) is 64.7. The van der Waals surface area contributed by atoms with Crippen molar-refractivity contribution in [1.82, 2.24) is 0 Å². The van der Waals surface area contributed by atoms with Crippen LogP contribution in [0.2, 0.25) is 0 Å². The lowest BCUT2D eigenvalue weighted by molar-refractivity contribution is -0.371.